The fourth-order valence-electron chi connectivity index (χ4n) is 1.33. The third-order valence-electron chi connectivity index (χ3n) is 2.25. The zero-order chi connectivity index (χ0) is 14.6. The van der Waals surface area contributed by atoms with Gasteiger partial charge in [0, 0.05) is 16.6 Å². The SMILES string of the molecule is CC(C)(C)NCC(O)COc1c(F)cc(Br)cc1F.[Cl-]. The molecule has 0 heterocycles. The Morgan fingerprint density at radius 3 is 2.25 bits per heavy atom. The molecule has 0 aliphatic carbocycles. The van der Waals surface area contributed by atoms with E-state index in [1.165, 1.54) is 0 Å². The van der Waals surface area contributed by atoms with E-state index in [1.807, 2.05) is 20.8 Å². The van der Waals surface area contributed by atoms with Crippen molar-refractivity contribution in [3.05, 3.63) is 28.2 Å². The molecule has 2 N–H and O–H groups in total. The van der Waals surface area contributed by atoms with Gasteiger partial charge >= 0.3 is 0 Å². The van der Waals surface area contributed by atoms with Crippen LogP contribution in [0.4, 0.5) is 8.78 Å². The van der Waals surface area contributed by atoms with E-state index in [-0.39, 0.29) is 31.1 Å². The van der Waals surface area contributed by atoms with Gasteiger partial charge in [0.25, 0.3) is 0 Å². The number of halogens is 4. The fraction of sp³-hybridized carbons (Fsp3) is 0.538. The highest BCUT2D eigenvalue weighted by atomic mass is 79.9. The molecule has 0 bridgehead atoms. The van der Waals surface area contributed by atoms with Gasteiger partial charge in [-0.2, -0.15) is 0 Å². The molecule has 1 unspecified atom stereocenters. The number of aliphatic hydroxyl groups is 1. The summed E-state index contributed by atoms with van der Waals surface area (Å²) in [5, 5.41) is 12.7. The van der Waals surface area contributed by atoms with Gasteiger partial charge in [-0.15, -0.1) is 0 Å². The highest BCUT2D eigenvalue weighted by Crippen LogP contribution is 2.25. The van der Waals surface area contributed by atoms with Crippen LogP contribution < -0.4 is 22.5 Å². The number of aliphatic hydroxyl groups excluding tert-OH is 1. The van der Waals surface area contributed by atoms with Gasteiger partial charge < -0.3 is 27.6 Å². The highest BCUT2D eigenvalue weighted by molar-refractivity contribution is 9.10. The molecule has 0 aliphatic rings. The highest BCUT2D eigenvalue weighted by Gasteiger charge is 2.16. The van der Waals surface area contributed by atoms with E-state index >= 15 is 0 Å². The first kappa shape index (κ1) is 19.6. The summed E-state index contributed by atoms with van der Waals surface area (Å²) in [6.45, 7) is 5.96. The Kier molecular flexibility index (Phi) is 7.95. The minimum atomic E-state index is -0.846. The minimum absolute atomic E-state index is 0. The third kappa shape index (κ3) is 6.83. The Hall–Kier alpha value is -0.430. The van der Waals surface area contributed by atoms with Crippen molar-refractivity contribution in [3.8, 4) is 5.75 Å². The van der Waals surface area contributed by atoms with Crippen molar-refractivity contribution in [3.63, 3.8) is 0 Å². The Balaban J connectivity index is 0.00000361. The Labute approximate surface area is 132 Å². The van der Waals surface area contributed by atoms with Crippen molar-refractivity contribution < 1.29 is 31.0 Å². The fourth-order valence-corrected chi connectivity index (χ4v) is 1.73. The molecule has 0 radical (unpaired) electrons. The first-order valence-electron chi connectivity index (χ1n) is 5.89. The molecular weight excluding hydrogens is 356 g/mol. The van der Waals surface area contributed by atoms with Gasteiger partial charge in [0.15, 0.2) is 17.4 Å². The molecule has 1 aromatic rings. The largest absolute Gasteiger partial charge is 1.00 e. The summed E-state index contributed by atoms with van der Waals surface area (Å²) in [5.41, 5.74) is -0.144. The van der Waals surface area contributed by atoms with Crippen molar-refractivity contribution in [1.82, 2.24) is 5.32 Å². The van der Waals surface area contributed by atoms with Crippen molar-refractivity contribution in [2.45, 2.75) is 32.4 Å². The van der Waals surface area contributed by atoms with Crippen molar-refractivity contribution in [2.24, 2.45) is 0 Å². The second-order valence-corrected chi connectivity index (χ2v) is 6.21. The molecule has 0 saturated heterocycles. The molecule has 0 aromatic heterocycles. The van der Waals surface area contributed by atoms with Gasteiger partial charge in [-0.1, -0.05) is 15.9 Å². The summed E-state index contributed by atoms with van der Waals surface area (Å²) in [5.74, 6) is -2.08. The van der Waals surface area contributed by atoms with Crippen LogP contribution in [0, 0.1) is 11.6 Å². The molecule has 1 atom stereocenters. The quantitative estimate of drug-likeness (QED) is 0.755. The molecule has 0 aliphatic heterocycles. The molecule has 1 aromatic carbocycles. The van der Waals surface area contributed by atoms with Gasteiger partial charge in [-0.25, -0.2) is 8.78 Å². The van der Waals surface area contributed by atoms with Crippen molar-refractivity contribution in [1.29, 1.82) is 0 Å². The lowest BCUT2D eigenvalue weighted by molar-refractivity contribution is -0.00000732. The average molecular weight is 374 g/mol. The third-order valence-corrected chi connectivity index (χ3v) is 2.71. The molecule has 20 heavy (non-hydrogen) atoms. The lowest BCUT2D eigenvalue weighted by atomic mass is 10.1. The lowest BCUT2D eigenvalue weighted by Crippen LogP contribution is -3.00. The van der Waals surface area contributed by atoms with Crippen molar-refractivity contribution >= 4 is 15.9 Å². The second kappa shape index (κ2) is 8.12. The summed E-state index contributed by atoms with van der Waals surface area (Å²) in [4.78, 5) is 0. The first-order valence-corrected chi connectivity index (χ1v) is 6.69. The molecular formula is C13H18BrClF2NO2-. The van der Waals surface area contributed by atoms with E-state index in [2.05, 4.69) is 21.2 Å². The van der Waals surface area contributed by atoms with Crippen LogP contribution in [-0.2, 0) is 0 Å². The maximum absolute atomic E-state index is 13.4. The zero-order valence-electron chi connectivity index (χ0n) is 11.5. The number of hydrogen-bond acceptors (Lipinski definition) is 3. The first-order chi connectivity index (χ1) is 8.69. The summed E-state index contributed by atoms with van der Waals surface area (Å²) in [7, 11) is 0. The van der Waals surface area contributed by atoms with E-state index in [1.54, 1.807) is 0 Å². The molecule has 0 saturated carbocycles. The van der Waals surface area contributed by atoms with E-state index < -0.39 is 23.5 Å². The number of β-amino-alcohol motifs (C(OH)–C–C–N with tert-alkyl or cyclic N) is 1. The second-order valence-electron chi connectivity index (χ2n) is 5.29. The van der Waals surface area contributed by atoms with Crippen LogP contribution in [0.15, 0.2) is 16.6 Å². The maximum atomic E-state index is 13.4. The number of ether oxygens (including phenoxy) is 1. The van der Waals surface area contributed by atoms with Gasteiger partial charge in [0.05, 0.1) is 0 Å². The number of hydrogen-bond donors (Lipinski definition) is 2. The van der Waals surface area contributed by atoms with Crippen molar-refractivity contribution in [2.75, 3.05) is 13.2 Å². The lowest BCUT2D eigenvalue weighted by Gasteiger charge is -2.23. The minimum Gasteiger partial charge on any atom is -1.00 e. The van der Waals surface area contributed by atoms with Gasteiger partial charge in [0.1, 0.15) is 12.7 Å². The molecule has 3 nitrogen and oxygen atoms in total. The Morgan fingerprint density at radius 2 is 1.80 bits per heavy atom. The topological polar surface area (TPSA) is 41.5 Å². The summed E-state index contributed by atoms with van der Waals surface area (Å²) in [6, 6.07) is 2.22. The number of nitrogens with one attached hydrogen (secondary N) is 1. The van der Waals surface area contributed by atoms with Gasteiger partial charge in [0.2, 0.25) is 0 Å². The molecule has 7 heteroatoms. The van der Waals surface area contributed by atoms with E-state index in [4.69, 9.17) is 4.74 Å². The summed E-state index contributed by atoms with van der Waals surface area (Å²) >= 11 is 2.98. The molecule has 0 amide bonds. The molecule has 116 valence electrons. The van der Waals surface area contributed by atoms with Crippen LogP contribution in [0.5, 0.6) is 5.75 Å². The normalized spacial score (nSPS) is 12.8. The van der Waals surface area contributed by atoms with E-state index in [0.29, 0.717) is 4.47 Å². The molecule has 1 rings (SSSR count). The van der Waals surface area contributed by atoms with Crippen LogP contribution in [0.3, 0.4) is 0 Å². The van der Waals surface area contributed by atoms with Crippen LogP contribution in [0.1, 0.15) is 20.8 Å². The van der Waals surface area contributed by atoms with Crippen LogP contribution in [0.25, 0.3) is 0 Å². The zero-order valence-corrected chi connectivity index (χ0v) is 13.9. The number of rotatable bonds is 5. The average Bonchev–Trinajstić information content (AvgIpc) is 2.23. The molecule has 0 spiro atoms. The smallest absolute Gasteiger partial charge is 0.190 e. The van der Waals surface area contributed by atoms with Crippen LogP contribution >= 0.6 is 15.9 Å². The van der Waals surface area contributed by atoms with Crippen LogP contribution in [-0.4, -0.2) is 29.9 Å². The predicted molar refractivity (Wildman–Crippen MR) is 73.3 cm³/mol. The van der Waals surface area contributed by atoms with Crippen LogP contribution in [0.2, 0.25) is 0 Å². The van der Waals surface area contributed by atoms with Gasteiger partial charge in [-0.3, -0.25) is 0 Å². The van der Waals surface area contributed by atoms with Gasteiger partial charge in [-0.05, 0) is 32.9 Å². The molecule has 0 fully saturated rings. The van der Waals surface area contributed by atoms with E-state index in [9.17, 15) is 13.9 Å². The summed E-state index contributed by atoms with van der Waals surface area (Å²) in [6.07, 6.45) is -0.846. The van der Waals surface area contributed by atoms with E-state index in [0.717, 1.165) is 12.1 Å². The Bertz CT molecular complexity index is 418. The predicted octanol–water partition coefficient (Wildman–Crippen LogP) is -0.141. The maximum Gasteiger partial charge on any atom is 0.190 e. The monoisotopic (exact) mass is 372 g/mol. The number of benzene rings is 1. The Morgan fingerprint density at radius 1 is 1.30 bits per heavy atom. The summed E-state index contributed by atoms with van der Waals surface area (Å²) < 4.78 is 32.2. The standard InChI is InChI=1S/C13H18BrF2NO2.ClH/c1-13(2,3)17-6-9(18)7-19-12-10(15)4-8(14)5-11(12)16;/h4-5,9,17-18H,6-7H2,1-3H3;1H/p-1.